The van der Waals surface area contributed by atoms with Crippen LogP contribution >= 0.6 is 0 Å². The highest BCUT2D eigenvalue weighted by Gasteiger charge is 2.27. The van der Waals surface area contributed by atoms with E-state index in [1.54, 1.807) is 0 Å². The third kappa shape index (κ3) is 6.54. The van der Waals surface area contributed by atoms with E-state index in [2.05, 4.69) is 47.7 Å². The molecule has 1 fully saturated rings. The number of carbonyl (C=O) groups is 2. The van der Waals surface area contributed by atoms with E-state index < -0.39 is 0 Å². The molecular weight excluding hydrogens is 376 g/mol. The first kappa shape index (κ1) is 24.4. The van der Waals surface area contributed by atoms with Gasteiger partial charge in [0.15, 0.2) is 0 Å². The average Bonchev–Trinajstić information content (AvgIpc) is 2.72. The summed E-state index contributed by atoms with van der Waals surface area (Å²) < 4.78 is 0. The minimum Gasteiger partial charge on any atom is -0.336 e. The van der Waals surface area contributed by atoms with Crippen molar-refractivity contribution in [2.45, 2.75) is 66.5 Å². The Balaban J connectivity index is 1.83. The molecule has 0 spiro atoms. The van der Waals surface area contributed by atoms with Gasteiger partial charge in [-0.3, -0.25) is 19.4 Å². The number of nitrogens with zero attached hydrogens (tertiary/aromatic N) is 3. The van der Waals surface area contributed by atoms with Crippen molar-refractivity contribution in [1.29, 1.82) is 0 Å². The minimum absolute atomic E-state index is 0.0247. The maximum Gasteiger partial charge on any atom is 0.238 e. The number of aryl methyl sites for hydroxylation is 2. The Morgan fingerprint density at radius 1 is 0.933 bits per heavy atom. The summed E-state index contributed by atoms with van der Waals surface area (Å²) in [6, 6.07) is 6.57. The molecule has 0 bridgehead atoms. The van der Waals surface area contributed by atoms with Crippen LogP contribution in [0.15, 0.2) is 18.2 Å². The molecule has 2 atom stereocenters. The fourth-order valence-electron chi connectivity index (χ4n) is 4.09. The molecule has 0 aliphatic carbocycles. The van der Waals surface area contributed by atoms with E-state index in [4.69, 9.17) is 0 Å². The molecule has 1 N–H and O–H groups in total. The van der Waals surface area contributed by atoms with Gasteiger partial charge in [-0.05, 0) is 51.7 Å². The smallest absolute Gasteiger partial charge is 0.238 e. The van der Waals surface area contributed by atoms with Crippen molar-refractivity contribution in [3.8, 4) is 0 Å². The zero-order valence-electron chi connectivity index (χ0n) is 19.7. The molecule has 1 aliphatic heterocycles. The Labute approximate surface area is 182 Å². The van der Waals surface area contributed by atoms with E-state index in [0.717, 1.165) is 55.8 Å². The zero-order chi connectivity index (χ0) is 22.3. The molecule has 0 unspecified atom stereocenters. The van der Waals surface area contributed by atoms with Crippen molar-refractivity contribution in [3.05, 3.63) is 29.3 Å². The summed E-state index contributed by atoms with van der Waals surface area (Å²) in [5.41, 5.74) is 3.08. The number of hydrogen-bond donors (Lipinski definition) is 1. The largest absolute Gasteiger partial charge is 0.336 e. The Morgan fingerprint density at radius 2 is 1.40 bits per heavy atom. The normalized spacial score (nSPS) is 17.4. The number of anilines is 1. The number of amides is 2. The maximum atomic E-state index is 12.9. The summed E-state index contributed by atoms with van der Waals surface area (Å²) in [5, 5.41) is 3.07. The van der Waals surface area contributed by atoms with Crippen LogP contribution in [0.3, 0.4) is 0 Å². The van der Waals surface area contributed by atoms with Gasteiger partial charge >= 0.3 is 0 Å². The van der Waals surface area contributed by atoms with Crippen LogP contribution in [0.25, 0.3) is 0 Å². The number of nitrogens with one attached hydrogen (secondary N) is 1. The molecule has 1 aliphatic rings. The second-order valence-electron chi connectivity index (χ2n) is 8.68. The van der Waals surface area contributed by atoms with Crippen LogP contribution < -0.4 is 5.32 Å². The van der Waals surface area contributed by atoms with Crippen LogP contribution in [-0.2, 0) is 9.59 Å². The van der Waals surface area contributed by atoms with Crippen molar-refractivity contribution in [1.82, 2.24) is 14.7 Å². The monoisotopic (exact) mass is 416 g/mol. The van der Waals surface area contributed by atoms with Crippen LogP contribution in [0.1, 0.15) is 51.7 Å². The van der Waals surface area contributed by atoms with Gasteiger partial charge in [-0.25, -0.2) is 0 Å². The minimum atomic E-state index is 0.0247. The van der Waals surface area contributed by atoms with Gasteiger partial charge in [-0.15, -0.1) is 0 Å². The van der Waals surface area contributed by atoms with E-state index in [1.165, 1.54) is 0 Å². The molecule has 0 aromatic heterocycles. The Bertz CT molecular complexity index is 683. The second kappa shape index (κ2) is 11.5. The number of piperazine rings is 1. The van der Waals surface area contributed by atoms with Crippen LogP contribution in [0, 0.1) is 13.8 Å². The first-order chi connectivity index (χ1) is 14.3. The fraction of sp³-hybridized carbons (Fsp3) is 0.667. The Kier molecular flexibility index (Phi) is 9.31. The van der Waals surface area contributed by atoms with E-state index in [9.17, 15) is 9.59 Å². The summed E-state index contributed by atoms with van der Waals surface area (Å²) >= 11 is 0. The quantitative estimate of drug-likeness (QED) is 0.671. The van der Waals surface area contributed by atoms with Crippen molar-refractivity contribution in [3.63, 3.8) is 0 Å². The van der Waals surface area contributed by atoms with Gasteiger partial charge in [0.05, 0.1) is 13.1 Å². The summed E-state index contributed by atoms with van der Waals surface area (Å²) in [6.45, 7) is 16.7. The SMILES string of the molecule is CC[C@@H](C)N(C(=O)CN1CCN(CC(=O)Nc2c(C)cccc2C)CC1)[C@@H](C)CC. The van der Waals surface area contributed by atoms with Crippen molar-refractivity contribution in [2.75, 3.05) is 44.6 Å². The van der Waals surface area contributed by atoms with Crippen molar-refractivity contribution >= 4 is 17.5 Å². The van der Waals surface area contributed by atoms with Crippen LogP contribution in [-0.4, -0.2) is 77.9 Å². The van der Waals surface area contributed by atoms with Gasteiger partial charge in [0.1, 0.15) is 0 Å². The lowest BCUT2D eigenvalue weighted by Gasteiger charge is -2.38. The van der Waals surface area contributed by atoms with E-state index in [1.807, 2.05) is 32.0 Å². The van der Waals surface area contributed by atoms with Crippen LogP contribution in [0.2, 0.25) is 0 Å². The summed E-state index contributed by atoms with van der Waals surface area (Å²) in [6.07, 6.45) is 1.94. The maximum absolute atomic E-state index is 12.9. The first-order valence-corrected chi connectivity index (χ1v) is 11.4. The van der Waals surface area contributed by atoms with Crippen molar-refractivity contribution < 1.29 is 9.59 Å². The molecule has 1 heterocycles. The standard InChI is InChI=1S/C24H40N4O2/c1-7-20(5)28(21(6)8-2)23(30)17-27-14-12-26(13-15-27)16-22(29)25-24-18(3)10-9-11-19(24)4/h9-11,20-21H,7-8,12-17H2,1-6H3,(H,25,29)/t20-,21+. The lowest BCUT2D eigenvalue weighted by atomic mass is 10.1. The number of rotatable bonds is 9. The highest BCUT2D eigenvalue weighted by molar-refractivity contribution is 5.93. The highest BCUT2D eigenvalue weighted by Crippen LogP contribution is 2.19. The second-order valence-corrected chi connectivity index (χ2v) is 8.68. The highest BCUT2D eigenvalue weighted by atomic mass is 16.2. The summed E-state index contributed by atoms with van der Waals surface area (Å²) in [7, 11) is 0. The Hall–Kier alpha value is -1.92. The van der Waals surface area contributed by atoms with Gasteiger partial charge in [-0.2, -0.15) is 0 Å². The molecule has 6 heteroatoms. The predicted octanol–water partition coefficient (Wildman–Crippen LogP) is 3.29. The number of benzene rings is 1. The van der Waals surface area contributed by atoms with Gasteiger partial charge < -0.3 is 10.2 Å². The fourth-order valence-corrected chi connectivity index (χ4v) is 4.09. The first-order valence-electron chi connectivity index (χ1n) is 11.4. The molecular formula is C24H40N4O2. The lowest BCUT2D eigenvalue weighted by Crippen LogP contribution is -2.53. The zero-order valence-corrected chi connectivity index (χ0v) is 19.7. The van der Waals surface area contributed by atoms with Gasteiger partial charge in [0.2, 0.25) is 11.8 Å². The predicted molar refractivity (Wildman–Crippen MR) is 124 cm³/mol. The summed E-state index contributed by atoms with van der Waals surface area (Å²) in [4.78, 5) is 31.9. The molecule has 2 rings (SSSR count). The number of hydrogen-bond acceptors (Lipinski definition) is 4. The van der Waals surface area contributed by atoms with Gasteiger partial charge in [0, 0.05) is 44.0 Å². The van der Waals surface area contributed by atoms with Crippen LogP contribution in [0.5, 0.6) is 0 Å². The molecule has 6 nitrogen and oxygen atoms in total. The number of carbonyl (C=O) groups excluding carboxylic acids is 2. The van der Waals surface area contributed by atoms with Crippen LogP contribution in [0.4, 0.5) is 5.69 Å². The Morgan fingerprint density at radius 3 is 1.87 bits per heavy atom. The van der Waals surface area contributed by atoms with E-state index >= 15 is 0 Å². The van der Waals surface area contributed by atoms with E-state index in [-0.39, 0.29) is 23.9 Å². The molecule has 30 heavy (non-hydrogen) atoms. The third-order valence-electron chi connectivity index (χ3n) is 6.36. The molecule has 168 valence electrons. The lowest BCUT2D eigenvalue weighted by molar-refractivity contribution is -0.137. The number of para-hydroxylation sites is 1. The average molecular weight is 417 g/mol. The summed E-state index contributed by atoms with van der Waals surface area (Å²) in [5.74, 6) is 0.247. The molecule has 1 aromatic carbocycles. The van der Waals surface area contributed by atoms with Gasteiger partial charge in [0.25, 0.3) is 0 Å². The molecule has 1 aromatic rings. The molecule has 0 radical (unpaired) electrons. The third-order valence-corrected chi connectivity index (χ3v) is 6.36. The molecule has 2 amide bonds. The van der Waals surface area contributed by atoms with Crippen molar-refractivity contribution in [2.24, 2.45) is 0 Å². The van der Waals surface area contributed by atoms with E-state index in [0.29, 0.717) is 13.1 Å². The van der Waals surface area contributed by atoms with Gasteiger partial charge in [-0.1, -0.05) is 32.0 Å². The topological polar surface area (TPSA) is 55.9 Å². The molecule has 0 saturated carbocycles. The molecule has 1 saturated heterocycles.